The van der Waals surface area contributed by atoms with Crippen molar-refractivity contribution in [2.75, 3.05) is 11.6 Å². The number of halogens is 1. The predicted octanol–water partition coefficient (Wildman–Crippen LogP) is 4.43. The molecule has 1 aliphatic rings. The summed E-state index contributed by atoms with van der Waals surface area (Å²) in [4.78, 5) is 5.50. The summed E-state index contributed by atoms with van der Waals surface area (Å²) < 4.78 is 13.4. The number of nitrogens with one attached hydrogen (secondary N) is 1. The van der Waals surface area contributed by atoms with Crippen LogP contribution in [0.25, 0.3) is 0 Å². The van der Waals surface area contributed by atoms with Crippen LogP contribution >= 0.6 is 11.8 Å². The molecule has 0 saturated heterocycles. The highest BCUT2D eigenvalue weighted by molar-refractivity contribution is 7.98. The summed E-state index contributed by atoms with van der Waals surface area (Å²) >= 11 is 1.70. The summed E-state index contributed by atoms with van der Waals surface area (Å²) in [6.07, 6.45) is 6.21. The monoisotopic (exact) mass is 288 g/mol. The maximum absolute atomic E-state index is 13.4. The van der Waals surface area contributed by atoms with Crippen molar-refractivity contribution >= 4 is 17.6 Å². The van der Waals surface area contributed by atoms with Crippen molar-refractivity contribution < 1.29 is 4.39 Å². The van der Waals surface area contributed by atoms with Crippen molar-refractivity contribution in [1.29, 1.82) is 0 Å². The number of nitrogens with zero attached hydrogens (tertiary/aromatic N) is 1. The van der Waals surface area contributed by atoms with E-state index in [1.807, 2.05) is 24.5 Å². The molecular weight excluding hydrogens is 271 g/mol. The van der Waals surface area contributed by atoms with Gasteiger partial charge in [0.05, 0.1) is 0 Å². The van der Waals surface area contributed by atoms with E-state index in [0.717, 1.165) is 11.4 Å². The second kappa shape index (κ2) is 5.83. The number of rotatable bonds is 5. The Balaban J connectivity index is 1.74. The molecule has 0 aliphatic heterocycles. The Morgan fingerprint density at radius 3 is 2.90 bits per heavy atom. The van der Waals surface area contributed by atoms with Gasteiger partial charge in [0.25, 0.3) is 0 Å². The van der Waals surface area contributed by atoms with Crippen LogP contribution in [0.1, 0.15) is 29.9 Å². The molecule has 3 rings (SSSR count). The SMILES string of the molecule is CSc1ccnc(NCc2ccc(F)cc2C2CC2)c1. The fourth-order valence-corrected chi connectivity index (χ4v) is 2.75. The summed E-state index contributed by atoms with van der Waals surface area (Å²) in [7, 11) is 0. The Morgan fingerprint density at radius 2 is 2.15 bits per heavy atom. The Hall–Kier alpha value is -1.55. The lowest BCUT2D eigenvalue weighted by atomic mass is 10.0. The van der Waals surface area contributed by atoms with E-state index in [9.17, 15) is 4.39 Å². The van der Waals surface area contributed by atoms with E-state index in [2.05, 4.69) is 10.3 Å². The van der Waals surface area contributed by atoms with Crippen LogP contribution in [0.5, 0.6) is 0 Å². The molecule has 104 valence electrons. The molecule has 1 heterocycles. The lowest BCUT2D eigenvalue weighted by Crippen LogP contribution is -2.04. The third-order valence-electron chi connectivity index (χ3n) is 3.55. The van der Waals surface area contributed by atoms with Gasteiger partial charge in [0, 0.05) is 17.6 Å². The number of hydrogen-bond donors (Lipinski definition) is 1. The zero-order chi connectivity index (χ0) is 13.9. The molecule has 1 aromatic heterocycles. The van der Waals surface area contributed by atoms with Crippen LogP contribution in [0.4, 0.5) is 10.2 Å². The van der Waals surface area contributed by atoms with Crippen LogP contribution in [0.3, 0.4) is 0 Å². The van der Waals surface area contributed by atoms with Crippen LogP contribution in [-0.4, -0.2) is 11.2 Å². The maximum Gasteiger partial charge on any atom is 0.127 e. The maximum atomic E-state index is 13.4. The van der Waals surface area contributed by atoms with E-state index >= 15 is 0 Å². The lowest BCUT2D eigenvalue weighted by molar-refractivity contribution is 0.624. The Bertz CT molecular complexity index is 611. The molecule has 0 atom stereocenters. The first-order valence-corrected chi connectivity index (χ1v) is 8.01. The molecule has 2 nitrogen and oxygen atoms in total. The predicted molar refractivity (Wildman–Crippen MR) is 81.7 cm³/mol. The lowest BCUT2D eigenvalue weighted by Gasteiger charge is -2.11. The van der Waals surface area contributed by atoms with Gasteiger partial charge in [-0.1, -0.05) is 6.07 Å². The van der Waals surface area contributed by atoms with Gasteiger partial charge >= 0.3 is 0 Å². The molecule has 0 radical (unpaired) electrons. The average molecular weight is 288 g/mol. The minimum atomic E-state index is -0.141. The van der Waals surface area contributed by atoms with Crippen molar-refractivity contribution in [2.45, 2.75) is 30.2 Å². The first-order valence-electron chi connectivity index (χ1n) is 6.78. The molecule has 0 bridgehead atoms. The highest BCUT2D eigenvalue weighted by Gasteiger charge is 2.26. The smallest absolute Gasteiger partial charge is 0.127 e. The zero-order valence-corrected chi connectivity index (χ0v) is 12.2. The molecular formula is C16H17FN2S. The van der Waals surface area contributed by atoms with Gasteiger partial charge < -0.3 is 5.32 Å². The summed E-state index contributed by atoms with van der Waals surface area (Å²) in [6, 6.07) is 9.12. The van der Waals surface area contributed by atoms with E-state index in [1.165, 1.54) is 29.4 Å². The number of hydrogen-bond acceptors (Lipinski definition) is 3. The highest BCUT2D eigenvalue weighted by atomic mass is 32.2. The number of anilines is 1. The molecule has 0 amide bonds. The van der Waals surface area contributed by atoms with Gasteiger partial charge in [0.1, 0.15) is 11.6 Å². The summed E-state index contributed by atoms with van der Waals surface area (Å²) in [5.74, 6) is 1.27. The molecule has 0 spiro atoms. The second-order valence-corrected chi connectivity index (χ2v) is 5.93. The molecule has 20 heavy (non-hydrogen) atoms. The van der Waals surface area contributed by atoms with E-state index in [4.69, 9.17) is 0 Å². The first kappa shape index (κ1) is 13.4. The van der Waals surface area contributed by atoms with Crippen LogP contribution in [0, 0.1) is 5.82 Å². The van der Waals surface area contributed by atoms with E-state index in [-0.39, 0.29) is 5.82 Å². The molecule has 4 heteroatoms. The van der Waals surface area contributed by atoms with E-state index in [0.29, 0.717) is 12.5 Å². The molecule has 0 unspecified atom stereocenters. The van der Waals surface area contributed by atoms with Gasteiger partial charge in [-0.3, -0.25) is 0 Å². The van der Waals surface area contributed by atoms with E-state index in [1.54, 1.807) is 24.0 Å². The fraction of sp³-hybridized carbons (Fsp3) is 0.312. The Morgan fingerprint density at radius 1 is 1.30 bits per heavy atom. The quantitative estimate of drug-likeness (QED) is 0.824. The zero-order valence-electron chi connectivity index (χ0n) is 11.4. The highest BCUT2D eigenvalue weighted by Crippen LogP contribution is 2.42. The summed E-state index contributed by atoms with van der Waals surface area (Å²) in [5, 5.41) is 3.33. The van der Waals surface area contributed by atoms with E-state index < -0.39 is 0 Å². The number of pyridine rings is 1. The Kier molecular flexibility index (Phi) is 3.92. The second-order valence-electron chi connectivity index (χ2n) is 5.05. The number of aromatic nitrogens is 1. The third kappa shape index (κ3) is 3.12. The van der Waals surface area contributed by atoms with Gasteiger partial charge in [0.2, 0.25) is 0 Å². The van der Waals surface area contributed by atoms with Crippen LogP contribution in [0.2, 0.25) is 0 Å². The molecule has 1 saturated carbocycles. The van der Waals surface area contributed by atoms with Crippen LogP contribution in [0.15, 0.2) is 41.4 Å². The molecule has 1 aromatic carbocycles. The Labute approximate surface area is 122 Å². The van der Waals surface area contributed by atoms with Crippen LogP contribution in [-0.2, 0) is 6.54 Å². The standard InChI is InChI=1S/C16H17FN2S/c1-20-14-6-7-18-16(9-14)19-10-12-4-5-13(17)8-15(12)11-2-3-11/h4-9,11H,2-3,10H2,1H3,(H,18,19). The topological polar surface area (TPSA) is 24.9 Å². The molecule has 1 aliphatic carbocycles. The molecule has 2 aromatic rings. The van der Waals surface area contributed by atoms with Gasteiger partial charge in [-0.25, -0.2) is 9.37 Å². The third-order valence-corrected chi connectivity index (χ3v) is 4.28. The van der Waals surface area contributed by atoms with Crippen molar-refractivity contribution in [1.82, 2.24) is 4.98 Å². The summed E-state index contributed by atoms with van der Waals surface area (Å²) in [6.45, 7) is 0.691. The molecule has 1 fully saturated rings. The average Bonchev–Trinajstić information content (AvgIpc) is 3.31. The van der Waals surface area contributed by atoms with Crippen molar-refractivity contribution in [2.24, 2.45) is 0 Å². The van der Waals surface area contributed by atoms with Gasteiger partial charge in [-0.15, -0.1) is 11.8 Å². The van der Waals surface area contributed by atoms with Crippen molar-refractivity contribution in [3.63, 3.8) is 0 Å². The van der Waals surface area contributed by atoms with Crippen molar-refractivity contribution in [3.05, 3.63) is 53.5 Å². The normalized spacial score (nSPS) is 14.3. The number of benzene rings is 1. The fourth-order valence-electron chi connectivity index (χ4n) is 2.32. The number of thioether (sulfide) groups is 1. The minimum absolute atomic E-state index is 0.141. The summed E-state index contributed by atoms with van der Waals surface area (Å²) in [5.41, 5.74) is 2.32. The van der Waals surface area contributed by atoms with Crippen LogP contribution < -0.4 is 5.32 Å². The minimum Gasteiger partial charge on any atom is -0.366 e. The van der Waals surface area contributed by atoms with Gasteiger partial charge in [0.15, 0.2) is 0 Å². The first-order chi connectivity index (χ1) is 9.76. The van der Waals surface area contributed by atoms with Gasteiger partial charge in [-0.2, -0.15) is 0 Å². The largest absolute Gasteiger partial charge is 0.366 e. The molecule has 1 N–H and O–H groups in total. The van der Waals surface area contributed by atoms with Crippen molar-refractivity contribution in [3.8, 4) is 0 Å². The van der Waals surface area contributed by atoms with Gasteiger partial charge in [-0.05, 0) is 60.4 Å².